The van der Waals surface area contributed by atoms with Crippen LogP contribution >= 0.6 is 0 Å². The average molecular weight is 362 g/mol. The molecular weight excluding hydrogens is 335 g/mol. The molecule has 0 heterocycles. The van der Waals surface area contributed by atoms with Crippen molar-refractivity contribution in [2.24, 2.45) is 5.41 Å². The molecule has 3 rings (SSSR count). The van der Waals surface area contributed by atoms with Gasteiger partial charge in [-0.15, -0.1) is 5.92 Å². The van der Waals surface area contributed by atoms with Crippen LogP contribution in [0.3, 0.4) is 0 Å². The Balaban J connectivity index is 0.00000182. The zero-order chi connectivity index (χ0) is 17.7. The number of carbonyl (C=O) groups is 1. The minimum atomic E-state index is -0.831. The van der Waals surface area contributed by atoms with E-state index in [9.17, 15) is 4.79 Å². The van der Waals surface area contributed by atoms with Crippen molar-refractivity contribution in [1.82, 2.24) is 0 Å². The number of carboxylic acids is 1. The van der Waals surface area contributed by atoms with Crippen LogP contribution in [0.25, 0.3) is 0 Å². The summed E-state index contributed by atoms with van der Waals surface area (Å²) in [6, 6.07) is 7.69. The minimum absolute atomic E-state index is 0. The predicted octanol–water partition coefficient (Wildman–Crippen LogP) is 2.04. The second kappa shape index (κ2) is 9.65. The molecule has 0 aliphatic heterocycles. The Kier molecular flexibility index (Phi) is 7.83. The molecule has 1 saturated carbocycles. The van der Waals surface area contributed by atoms with Crippen LogP contribution < -0.4 is 34.3 Å². The summed E-state index contributed by atoms with van der Waals surface area (Å²) in [7, 11) is 0. The molecule has 1 fully saturated rings. The van der Waals surface area contributed by atoms with Crippen LogP contribution in [0.2, 0.25) is 0 Å². The molecule has 0 bridgehead atoms. The second-order valence-electron chi connectivity index (χ2n) is 7.35. The number of hydrogen-bond donors (Lipinski definition) is 1. The van der Waals surface area contributed by atoms with Gasteiger partial charge in [0.05, 0.1) is 12.3 Å². The molecule has 26 heavy (non-hydrogen) atoms. The van der Waals surface area contributed by atoms with E-state index in [1.165, 1.54) is 44.1 Å². The number of hydrogen-bond acceptors (Lipinski definition) is 2. The average Bonchev–Trinajstić information content (AvgIpc) is 3.23. The van der Waals surface area contributed by atoms with Gasteiger partial charge in [0.1, 0.15) is 12.4 Å². The molecule has 1 N–H and O–H groups in total. The predicted molar refractivity (Wildman–Crippen MR) is 99.7 cm³/mol. The first-order chi connectivity index (χ1) is 12.1. The molecule has 1 spiro atoms. The van der Waals surface area contributed by atoms with Gasteiger partial charge in [0.15, 0.2) is 0 Å². The van der Waals surface area contributed by atoms with Crippen molar-refractivity contribution in [1.29, 1.82) is 0 Å². The van der Waals surface area contributed by atoms with Gasteiger partial charge in [-0.2, -0.15) is 0 Å². The fourth-order valence-corrected chi connectivity index (χ4v) is 4.18. The Bertz CT molecular complexity index is 709. The number of ether oxygens (including phenoxy) is 1. The second-order valence-corrected chi connectivity index (χ2v) is 7.35. The molecule has 0 radical (unpaired) electrons. The van der Waals surface area contributed by atoms with Crippen LogP contribution in [-0.4, -0.2) is 17.7 Å². The van der Waals surface area contributed by atoms with Crippen molar-refractivity contribution >= 4 is 5.97 Å². The molecule has 0 saturated heterocycles. The number of rotatable bonds is 6. The molecule has 4 heteroatoms. The number of carboxylic acid groups (broad SMARTS) is 1. The summed E-state index contributed by atoms with van der Waals surface area (Å²) in [6.07, 6.45) is 10.3. The van der Waals surface area contributed by atoms with Crippen LogP contribution in [-0.2, 0) is 4.79 Å². The van der Waals surface area contributed by atoms with Gasteiger partial charge >= 0.3 is 35.5 Å². The van der Waals surface area contributed by atoms with Crippen LogP contribution in [0.4, 0.5) is 0 Å². The van der Waals surface area contributed by atoms with E-state index in [1.54, 1.807) is 6.92 Å². The van der Waals surface area contributed by atoms with Gasteiger partial charge in [-0.25, -0.2) is 0 Å². The summed E-state index contributed by atoms with van der Waals surface area (Å²) in [6.45, 7) is 2.40. The number of aliphatic carboxylic acids is 1. The Labute approximate surface area is 180 Å². The van der Waals surface area contributed by atoms with E-state index >= 15 is 0 Å². The van der Waals surface area contributed by atoms with Gasteiger partial charge in [-0.1, -0.05) is 37.0 Å². The van der Waals surface area contributed by atoms with Crippen LogP contribution in [0, 0.1) is 17.3 Å². The summed E-state index contributed by atoms with van der Waals surface area (Å²) in [5.74, 6) is 5.52. The summed E-state index contributed by atoms with van der Waals surface area (Å²) in [5, 5.41) is 9.02. The molecule has 3 nitrogen and oxygen atoms in total. The number of allylic oxidation sites excluding steroid dienone is 1. The van der Waals surface area contributed by atoms with E-state index in [0.29, 0.717) is 12.0 Å². The van der Waals surface area contributed by atoms with Crippen molar-refractivity contribution in [2.45, 2.75) is 57.8 Å². The van der Waals surface area contributed by atoms with Crippen LogP contribution in [0.1, 0.15) is 64.8 Å². The van der Waals surface area contributed by atoms with E-state index < -0.39 is 5.97 Å². The van der Waals surface area contributed by atoms with Crippen molar-refractivity contribution in [3.05, 3.63) is 41.5 Å². The minimum Gasteiger partial charge on any atom is -1.00 e. The fraction of sp³-hybridized carbons (Fsp3) is 0.500. The quantitative estimate of drug-likeness (QED) is 0.479. The van der Waals surface area contributed by atoms with Gasteiger partial charge in [0.25, 0.3) is 0 Å². The molecule has 1 aromatic carbocycles. The maximum Gasteiger partial charge on any atom is 1.00 e. The topological polar surface area (TPSA) is 46.5 Å². The van der Waals surface area contributed by atoms with Gasteiger partial charge in [-0.3, -0.25) is 4.79 Å². The zero-order valence-corrected chi connectivity index (χ0v) is 17.9. The van der Waals surface area contributed by atoms with E-state index in [-0.39, 0.29) is 43.3 Å². The first-order valence-electron chi connectivity index (χ1n) is 9.15. The first-order valence-corrected chi connectivity index (χ1v) is 9.15. The maximum absolute atomic E-state index is 11.0. The Morgan fingerprint density at radius 2 is 2.00 bits per heavy atom. The normalized spacial score (nSPS) is 18.4. The SMILES string of the molecule is CC#C[C@@H](CC(=O)O)c1ccc(OCC2=CCC3(CCCC3)C2)cc1.[H-].[Na+]. The smallest absolute Gasteiger partial charge is 1.00 e. The van der Waals surface area contributed by atoms with Gasteiger partial charge in [-0.05, 0) is 61.3 Å². The van der Waals surface area contributed by atoms with Crippen molar-refractivity contribution in [3.8, 4) is 17.6 Å². The molecule has 2 aliphatic carbocycles. The Hall–Kier alpha value is -1.21. The number of benzene rings is 1. The van der Waals surface area contributed by atoms with E-state index in [0.717, 1.165) is 11.3 Å². The van der Waals surface area contributed by atoms with E-state index in [1.807, 2.05) is 24.3 Å². The standard InChI is InChI=1S/C22H26O3.Na.H/c1-2-5-19(14-21(23)24)18-6-8-20(9-7-18)25-16-17-10-13-22(15-17)11-3-4-12-22;;/h6-10,19H,3-4,11-16H2,1H3,(H,23,24);;/q;+1;-1/t19-;;/m0../s1. The molecule has 1 aromatic rings. The Morgan fingerprint density at radius 1 is 1.31 bits per heavy atom. The van der Waals surface area contributed by atoms with Crippen molar-refractivity contribution in [3.63, 3.8) is 0 Å². The third kappa shape index (κ3) is 5.39. The van der Waals surface area contributed by atoms with Crippen molar-refractivity contribution < 1.29 is 45.6 Å². The van der Waals surface area contributed by atoms with Gasteiger partial charge in [0, 0.05) is 0 Å². The monoisotopic (exact) mass is 362 g/mol. The first kappa shape index (κ1) is 21.1. The Morgan fingerprint density at radius 3 is 2.62 bits per heavy atom. The summed E-state index contributed by atoms with van der Waals surface area (Å²) in [4.78, 5) is 11.0. The molecule has 0 aromatic heterocycles. The van der Waals surface area contributed by atoms with Crippen LogP contribution in [0.5, 0.6) is 5.75 Å². The van der Waals surface area contributed by atoms with E-state index in [4.69, 9.17) is 9.84 Å². The summed E-state index contributed by atoms with van der Waals surface area (Å²) < 4.78 is 5.95. The summed E-state index contributed by atoms with van der Waals surface area (Å²) >= 11 is 0. The van der Waals surface area contributed by atoms with E-state index in [2.05, 4.69) is 17.9 Å². The molecular formula is C22H27NaO3. The largest absolute Gasteiger partial charge is 1.00 e. The molecule has 0 unspecified atom stereocenters. The zero-order valence-electron chi connectivity index (χ0n) is 16.9. The fourth-order valence-electron chi connectivity index (χ4n) is 4.18. The van der Waals surface area contributed by atoms with Gasteiger partial charge < -0.3 is 11.3 Å². The molecule has 134 valence electrons. The maximum atomic E-state index is 11.0. The van der Waals surface area contributed by atoms with Gasteiger partial charge in [0.2, 0.25) is 0 Å². The van der Waals surface area contributed by atoms with Crippen molar-refractivity contribution in [2.75, 3.05) is 6.61 Å². The third-order valence-corrected chi connectivity index (χ3v) is 5.49. The molecule has 0 amide bonds. The molecule has 1 atom stereocenters. The third-order valence-electron chi connectivity index (χ3n) is 5.49. The molecule has 2 aliphatic rings. The summed E-state index contributed by atoms with van der Waals surface area (Å²) in [5.41, 5.74) is 2.89. The van der Waals surface area contributed by atoms with Crippen LogP contribution in [0.15, 0.2) is 35.9 Å².